The number of carboxylic acids is 1. The molecule has 0 saturated carbocycles. The highest BCUT2D eigenvalue weighted by Crippen LogP contribution is 2.09. The summed E-state index contributed by atoms with van der Waals surface area (Å²) in [5.74, 6) is -2.47. The number of aliphatic carboxylic acids is 1. The number of hydrogen-bond donors (Lipinski definition) is 1. The highest BCUT2D eigenvalue weighted by atomic mass is 16.6. The molecule has 0 aromatic rings. The fourth-order valence-corrected chi connectivity index (χ4v) is 0.903. The van der Waals surface area contributed by atoms with Crippen molar-refractivity contribution in [3.63, 3.8) is 0 Å². The van der Waals surface area contributed by atoms with Crippen LogP contribution in [-0.4, -0.2) is 34.7 Å². The molecular weight excluding hydrogens is 228 g/mol. The number of rotatable bonds is 5. The topological polar surface area (TPSA) is 89.9 Å². The molecule has 6 heteroatoms. The molecule has 17 heavy (non-hydrogen) atoms. The molecule has 0 fully saturated rings. The van der Waals surface area contributed by atoms with Gasteiger partial charge in [0.15, 0.2) is 6.10 Å². The summed E-state index contributed by atoms with van der Waals surface area (Å²) in [5, 5.41) is 8.49. The van der Waals surface area contributed by atoms with E-state index in [0.717, 1.165) is 0 Å². The van der Waals surface area contributed by atoms with Crippen LogP contribution in [0, 0.1) is 0 Å². The van der Waals surface area contributed by atoms with Gasteiger partial charge in [0.05, 0.1) is 12.8 Å². The highest BCUT2D eigenvalue weighted by Gasteiger charge is 2.20. The van der Waals surface area contributed by atoms with Gasteiger partial charge in [-0.25, -0.2) is 4.79 Å². The molecule has 0 radical (unpaired) electrons. The van der Waals surface area contributed by atoms with Gasteiger partial charge in [0, 0.05) is 0 Å². The Morgan fingerprint density at radius 2 is 1.59 bits per heavy atom. The second-order valence-corrected chi connectivity index (χ2v) is 4.56. The Balaban J connectivity index is 3.93. The SMILES string of the molecule is C[C@H](OC(=O)CCC(=O)OC(C)(C)C)C(=O)O. The van der Waals surface area contributed by atoms with E-state index >= 15 is 0 Å². The first kappa shape index (κ1) is 15.4. The lowest BCUT2D eigenvalue weighted by atomic mass is 10.2. The van der Waals surface area contributed by atoms with Crippen LogP contribution < -0.4 is 0 Å². The summed E-state index contributed by atoms with van der Waals surface area (Å²) < 4.78 is 9.52. The zero-order valence-corrected chi connectivity index (χ0v) is 10.5. The van der Waals surface area contributed by atoms with Gasteiger partial charge >= 0.3 is 17.9 Å². The summed E-state index contributed by atoms with van der Waals surface area (Å²) >= 11 is 0. The number of ether oxygens (including phenoxy) is 2. The lowest BCUT2D eigenvalue weighted by Crippen LogP contribution is -2.26. The van der Waals surface area contributed by atoms with Crippen LogP contribution in [0.1, 0.15) is 40.5 Å². The maximum atomic E-state index is 11.2. The van der Waals surface area contributed by atoms with Gasteiger partial charge in [0.25, 0.3) is 0 Å². The maximum absolute atomic E-state index is 11.2. The van der Waals surface area contributed by atoms with Crippen molar-refractivity contribution in [2.45, 2.75) is 52.2 Å². The van der Waals surface area contributed by atoms with E-state index in [1.165, 1.54) is 6.92 Å². The predicted octanol–water partition coefficient (Wildman–Crippen LogP) is 1.12. The van der Waals surface area contributed by atoms with E-state index in [4.69, 9.17) is 9.84 Å². The van der Waals surface area contributed by atoms with Gasteiger partial charge in [-0.2, -0.15) is 0 Å². The summed E-state index contributed by atoms with van der Waals surface area (Å²) in [7, 11) is 0. The molecule has 6 nitrogen and oxygen atoms in total. The van der Waals surface area contributed by atoms with Crippen LogP contribution in [-0.2, 0) is 23.9 Å². The molecule has 0 unspecified atom stereocenters. The van der Waals surface area contributed by atoms with Gasteiger partial charge in [0.1, 0.15) is 5.60 Å². The standard InChI is InChI=1S/C11H18O6/c1-7(10(14)15)16-8(12)5-6-9(13)17-11(2,3)4/h7H,5-6H2,1-4H3,(H,14,15)/t7-/m0/s1. The molecule has 0 aromatic heterocycles. The van der Waals surface area contributed by atoms with Crippen LogP contribution in [0.15, 0.2) is 0 Å². The zero-order chi connectivity index (χ0) is 13.6. The van der Waals surface area contributed by atoms with Gasteiger partial charge in [0.2, 0.25) is 0 Å². The average molecular weight is 246 g/mol. The maximum Gasteiger partial charge on any atom is 0.344 e. The summed E-state index contributed by atoms with van der Waals surface area (Å²) in [5.41, 5.74) is -0.602. The highest BCUT2D eigenvalue weighted by molar-refractivity contribution is 5.80. The third-order valence-corrected chi connectivity index (χ3v) is 1.61. The molecule has 0 aromatic carbocycles. The fraction of sp³-hybridized carbons (Fsp3) is 0.727. The summed E-state index contributed by atoms with van der Waals surface area (Å²) in [6.07, 6.45) is -1.52. The van der Waals surface area contributed by atoms with E-state index in [0.29, 0.717) is 0 Å². The number of carboxylic acid groups (broad SMARTS) is 1. The smallest absolute Gasteiger partial charge is 0.344 e. The Bertz CT molecular complexity index is 302. The van der Waals surface area contributed by atoms with Crippen molar-refractivity contribution in [2.24, 2.45) is 0 Å². The quantitative estimate of drug-likeness (QED) is 0.731. The second-order valence-electron chi connectivity index (χ2n) is 4.56. The van der Waals surface area contributed by atoms with Gasteiger partial charge in [-0.3, -0.25) is 9.59 Å². The van der Waals surface area contributed by atoms with E-state index in [9.17, 15) is 14.4 Å². The monoisotopic (exact) mass is 246 g/mol. The van der Waals surface area contributed by atoms with Crippen LogP contribution in [0.5, 0.6) is 0 Å². The predicted molar refractivity (Wildman–Crippen MR) is 58.3 cm³/mol. The second kappa shape index (κ2) is 6.22. The average Bonchev–Trinajstić information content (AvgIpc) is 2.11. The van der Waals surface area contributed by atoms with E-state index in [2.05, 4.69) is 4.74 Å². The first-order valence-corrected chi connectivity index (χ1v) is 5.26. The minimum Gasteiger partial charge on any atom is -0.479 e. The van der Waals surface area contributed by atoms with Gasteiger partial charge < -0.3 is 14.6 Å². The van der Waals surface area contributed by atoms with E-state index in [-0.39, 0.29) is 12.8 Å². The molecular formula is C11H18O6. The lowest BCUT2D eigenvalue weighted by Gasteiger charge is -2.19. The Morgan fingerprint density at radius 1 is 1.12 bits per heavy atom. The van der Waals surface area contributed by atoms with E-state index in [1.54, 1.807) is 20.8 Å². The van der Waals surface area contributed by atoms with E-state index < -0.39 is 29.6 Å². The summed E-state index contributed by atoms with van der Waals surface area (Å²) in [6.45, 7) is 6.40. The molecule has 1 N–H and O–H groups in total. The molecule has 98 valence electrons. The Morgan fingerprint density at radius 3 is 2.00 bits per heavy atom. The van der Waals surface area contributed by atoms with Gasteiger partial charge in [-0.05, 0) is 27.7 Å². The van der Waals surface area contributed by atoms with Crippen molar-refractivity contribution in [1.29, 1.82) is 0 Å². The molecule has 0 spiro atoms. The third kappa shape index (κ3) is 8.24. The molecule has 0 saturated heterocycles. The first-order valence-electron chi connectivity index (χ1n) is 5.26. The minimum atomic E-state index is -1.23. The molecule has 0 rings (SSSR count). The van der Waals surface area contributed by atoms with Gasteiger partial charge in [-0.15, -0.1) is 0 Å². The molecule has 0 bridgehead atoms. The minimum absolute atomic E-state index is 0.123. The van der Waals surface area contributed by atoms with Crippen molar-refractivity contribution in [2.75, 3.05) is 0 Å². The van der Waals surface area contributed by atoms with Crippen LogP contribution in [0.2, 0.25) is 0 Å². The molecule has 1 atom stereocenters. The normalized spacial score (nSPS) is 12.7. The largest absolute Gasteiger partial charge is 0.479 e. The summed E-state index contributed by atoms with van der Waals surface area (Å²) in [6, 6.07) is 0. The number of carbonyl (C=O) groups excluding carboxylic acids is 2. The van der Waals surface area contributed by atoms with Crippen LogP contribution in [0.25, 0.3) is 0 Å². The molecule has 0 aliphatic rings. The van der Waals surface area contributed by atoms with Crippen molar-refractivity contribution < 1.29 is 29.0 Å². The van der Waals surface area contributed by atoms with E-state index in [1.807, 2.05) is 0 Å². The molecule has 0 heterocycles. The zero-order valence-electron chi connectivity index (χ0n) is 10.5. The Hall–Kier alpha value is -1.59. The third-order valence-electron chi connectivity index (χ3n) is 1.61. The number of hydrogen-bond acceptors (Lipinski definition) is 5. The van der Waals surface area contributed by atoms with Crippen LogP contribution in [0.3, 0.4) is 0 Å². The Labute approximate surface area is 99.9 Å². The van der Waals surface area contributed by atoms with Crippen LogP contribution in [0.4, 0.5) is 0 Å². The van der Waals surface area contributed by atoms with Crippen molar-refractivity contribution in [1.82, 2.24) is 0 Å². The van der Waals surface area contributed by atoms with Crippen LogP contribution >= 0.6 is 0 Å². The van der Waals surface area contributed by atoms with Crippen molar-refractivity contribution >= 4 is 17.9 Å². The fourth-order valence-electron chi connectivity index (χ4n) is 0.903. The van der Waals surface area contributed by atoms with Crippen molar-refractivity contribution in [3.8, 4) is 0 Å². The Kier molecular flexibility index (Phi) is 5.64. The summed E-state index contributed by atoms with van der Waals surface area (Å²) in [4.78, 5) is 32.8. The molecule has 0 amide bonds. The number of esters is 2. The molecule has 0 aliphatic carbocycles. The van der Waals surface area contributed by atoms with Gasteiger partial charge in [-0.1, -0.05) is 0 Å². The number of carbonyl (C=O) groups is 3. The lowest BCUT2D eigenvalue weighted by molar-refractivity contribution is -0.165. The molecule has 0 aliphatic heterocycles. The first-order chi connectivity index (χ1) is 7.61. The van der Waals surface area contributed by atoms with Crippen molar-refractivity contribution in [3.05, 3.63) is 0 Å².